The van der Waals surface area contributed by atoms with Crippen LogP contribution in [-0.4, -0.2) is 26.4 Å². The SMILES string of the molecule is C=CCn1c(SCC(=O)Nc2ccc(CC)cc2)nnc1C(C)Oc1ccc(CC)cc1. The second-order valence-corrected chi connectivity index (χ2v) is 8.33. The molecule has 0 aliphatic carbocycles. The Bertz CT molecular complexity index is 1030. The smallest absolute Gasteiger partial charge is 0.234 e. The van der Waals surface area contributed by atoms with Crippen LogP contribution in [0.25, 0.3) is 0 Å². The van der Waals surface area contributed by atoms with Crippen LogP contribution in [-0.2, 0) is 24.2 Å². The van der Waals surface area contributed by atoms with Crippen molar-refractivity contribution >= 4 is 23.4 Å². The van der Waals surface area contributed by atoms with Crippen LogP contribution in [0.5, 0.6) is 5.75 Å². The molecule has 1 unspecified atom stereocenters. The molecule has 3 aromatic rings. The monoisotopic (exact) mass is 450 g/mol. The summed E-state index contributed by atoms with van der Waals surface area (Å²) in [5.41, 5.74) is 3.29. The molecule has 0 aliphatic rings. The van der Waals surface area contributed by atoms with Gasteiger partial charge >= 0.3 is 0 Å². The Morgan fingerprint density at radius 3 is 2.31 bits per heavy atom. The Morgan fingerprint density at radius 1 is 1.09 bits per heavy atom. The number of nitrogens with one attached hydrogen (secondary N) is 1. The lowest BCUT2D eigenvalue weighted by atomic mass is 10.1. The van der Waals surface area contributed by atoms with E-state index in [1.54, 1.807) is 6.08 Å². The van der Waals surface area contributed by atoms with Gasteiger partial charge in [-0.3, -0.25) is 9.36 Å². The van der Waals surface area contributed by atoms with E-state index in [1.165, 1.54) is 22.9 Å². The topological polar surface area (TPSA) is 69.0 Å². The number of nitrogens with zero attached hydrogens (tertiary/aromatic N) is 3. The van der Waals surface area contributed by atoms with Crippen LogP contribution in [0.3, 0.4) is 0 Å². The maximum Gasteiger partial charge on any atom is 0.234 e. The minimum absolute atomic E-state index is 0.0886. The van der Waals surface area contributed by atoms with Crippen molar-refractivity contribution in [1.82, 2.24) is 14.8 Å². The van der Waals surface area contributed by atoms with Crippen molar-refractivity contribution < 1.29 is 9.53 Å². The van der Waals surface area contributed by atoms with Crippen LogP contribution in [0.15, 0.2) is 66.3 Å². The number of carbonyl (C=O) groups is 1. The Kier molecular flexibility index (Phi) is 8.50. The van der Waals surface area contributed by atoms with Gasteiger partial charge in [0.05, 0.1) is 5.75 Å². The molecule has 1 heterocycles. The molecule has 7 heteroatoms. The normalized spacial score (nSPS) is 11.7. The van der Waals surface area contributed by atoms with E-state index in [0.717, 1.165) is 24.3 Å². The van der Waals surface area contributed by atoms with Gasteiger partial charge in [-0.2, -0.15) is 0 Å². The number of aromatic nitrogens is 3. The number of allylic oxidation sites excluding steroid dienone is 1. The van der Waals surface area contributed by atoms with Gasteiger partial charge in [0.2, 0.25) is 5.91 Å². The average molecular weight is 451 g/mol. The predicted molar refractivity (Wildman–Crippen MR) is 130 cm³/mol. The maximum absolute atomic E-state index is 12.4. The van der Waals surface area contributed by atoms with Crippen LogP contribution in [0, 0.1) is 0 Å². The molecule has 0 radical (unpaired) electrons. The lowest BCUT2D eigenvalue weighted by molar-refractivity contribution is -0.113. The summed E-state index contributed by atoms with van der Waals surface area (Å²) in [6.45, 7) is 10.5. The molecule has 3 rings (SSSR count). The zero-order valence-electron chi connectivity index (χ0n) is 18.9. The third-order valence-electron chi connectivity index (χ3n) is 5.04. The van der Waals surface area contributed by atoms with Crippen LogP contribution in [0.1, 0.15) is 43.8 Å². The van der Waals surface area contributed by atoms with E-state index >= 15 is 0 Å². The Hall–Kier alpha value is -3.06. The number of rotatable bonds is 11. The number of ether oxygens (including phenoxy) is 1. The minimum atomic E-state index is -0.296. The van der Waals surface area contributed by atoms with Gasteiger partial charge in [-0.1, -0.05) is 56.0 Å². The van der Waals surface area contributed by atoms with Gasteiger partial charge in [0.25, 0.3) is 0 Å². The molecule has 0 saturated heterocycles. The maximum atomic E-state index is 12.4. The van der Waals surface area contributed by atoms with E-state index < -0.39 is 0 Å². The van der Waals surface area contributed by atoms with E-state index in [2.05, 4.69) is 48.1 Å². The lowest BCUT2D eigenvalue weighted by Crippen LogP contribution is -2.15. The fourth-order valence-corrected chi connectivity index (χ4v) is 3.97. The second kappa shape index (κ2) is 11.5. The van der Waals surface area contributed by atoms with Gasteiger partial charge in [0.15, 0.2) is 17.1 Å². The van der Waals surface area contributed by atoms with E-state index in [1.807, 2.05) is 47.9 Å². The number of anilines is 1. The van der Waals surface area contributed by atoms with E-state index in [9.17, 15) is 4.79 Å². The zero-order chi connectivity index (χ0) is 22.9. The van der Waals surface area contributed by atoms with Gasteiger partial charge in [-0.25, -0.2) is 0 Å². The Morgan fingerprint density at radius 2 is 1.72 bits per heavy atom. The summed E-state index contributed by atoms with van der Waals surface area (Å²) in [5.74, 6) is 1.63. The standard InChI is InChI=1S/C25H30N4O2S/c1-5-16-29-24(18(4)31-22-14-10-20(7-3)11-15-22)27-28-25(29)32-17-23(30)26-21-12-8-19(6-2)9-13-21/h5,8-15,18H,1,6-7,16-17H2,2-4H3,(H,26,30). The van der Waals surface area contributed by atoms with Crippen molar-refractivity contribution in [3.8, 4) is 5.75 Å². The molecule has 1 N–H and O–H groups in total. The highest BCUT2D eigenvalue weighted by Crippen LogP contribution is 2.25. The third-order valence-corrected chi connectivity index (χ3v) is 6.01. The van der Waals surface area contributed by atoms with Gasteiger partial charge in [-0.05, 0) is 55.2 Å². The first-order chi connectivity index (χ1) is 15.5. The molecule has 1 aromatic heterocycles. The molecule has 0 aliphatic heterocycles. The van der Waals surface area contributed by atoms with Gasteiger partial charge in [0.1, 0.15) is 5.75 Å². The Balaban J connectivity index is 1.63. The summed E-state index contributed by atoms with van der Waals surface area (Å²) in [6, 6.07) is 15.9. The quantitative estimate of drug-likeness (QED) is 0.310. The third kappa shape index (κ3) is 6.23. The molecule has 0 spiro atoms. The first kappa shape index (κ1) is 23.6. The minimum Gasteiger partial charge on any atom is -0.483 e. The molecule has 168 valence electrons. The number of thioether (sulfide) groups is 1. The van der Waals surface area contributed by atoms with Gasteiger partial charge in [0, 0.05) is 12.2 Å². The van der Waals surface area contributed by atoms with Crippen LogP contribution >= 0.6 is 11.8 Å². The summed E-state index contributed by atoms with van der Waals surface area (Å²) in [6.07, 6.45) is 3.45. The summed E-state index contributed by atoms with van der Waals surface area (Å²) in [5, 5.41) is 12.2. The molecule has 0 fully saturated rings. The molecule has 0 saturated carbocycles. The largest absolute Gasteiger partial charge is 0.483 e. The summed E-state index contributed by atoms with van der Waals surface area (Å²) < 4.78 is 8.01. The van der Waals surface area contributed by atoms with E-state index in [4.69, 9.17) is 4.74 Å². The molecule has 1 amide bonds. The average Bonchev–Trinajstić information content (AvgIpc) is 3.21. The van der Waals surface area contributed by atoms with Gasteiger partial charge < -0.3 is 10.1 Å². The van der Waals surface area contributed by atoms with Crippen molar-refractivity contribution in [1.29, 1.82) is 0 Å². The number of benzene rings is 2. The molecule has 32 heavy (non-hydrogen) atoms. The molecular weight excluding hydrogens is 420 g/mol. The highest BCUT2D eigenvalue weighted by Gasteiger charge is 2.20. The van der Waals surface area contributed by atoms with Crippen LogP contribution < -0.4 is 10.1 Å². The lowest BCUT2D eigenvalue weighted by Gasteiger charge is -2.16. The summed E-state index contributed by atoms with van der Waals surface area (Å²) >= 11 is 1.35. The van der Waals surface area contributed by atoms with Crippen LogP contribution in [0.2, 0.25) is 0 Å². The van der Waals surface area contributed by atoms with Crippen molar-refractivity contribution in [3.63, 3.8) is 0 Å². The van der Waals surface area contributed by atoms with Gasteiger partial charge in [-0.15, -0.1) is 16.8 Å². The molecule has 1 atom stereocenters. The number of carbonyl (C=O) groups excluding carboxylic acids is 1. The first-order valence-electron chi connectivity index (χ1n) is 10.8. The summed E-state index contributed by atoms with van der Waals surface area (Å²) in [4.78, 5) is 12.4. The van der Waals surface area contributed by atoms with Crippen LogP contribution in [0.4, 0.5) is 5.69 Å². The van der Waals surface area contributed by atoms with E-state index in [0.29, 0.717) is 17.5 Å². The highest BCUT2D eigenvalue weighted by atomic mass is 32.2. The Labute approximate surface area is 194 Å². The fraction of sp³-hybridized carbons (Fsp3) is 0.320. The first-order valence-corrected chi connectivity index (χ1v) is 11.8. The van der Waals surface area contributed by atoms with Crippen molar-refractivity contribution in [2.24, 2.45) is 0 Å². The number of hydrogen-bond acceptors (Lipinski definition) is 5. The van der Waals surface area contributed by atoms with Crippen molar-refractivity contribution in [2.45, 2.75) is 51.4 Å². The fourth-order valence-electron chi connectivity index (χ4n) is 3.22. The summed E-state index contributed by atoms with van der Waals surface area (Å²) in [7, 11) is 0. The number of aryl methyl sites for hydroxylation is 2. The van der Waals surface area contributed by atoms with E-state index in [-0.39, 0.29) is 17.8 Å². The van der Waals surface area contributed by atoms with Crippen molar-refractivity contribution in [3.05, 3.63) is 78.1 Å². The number of amides is 1. The predicted octanol–water partition coefficient (Wildman–Crippen LogP) is 5.46. The highest BCUT2D eigenvalue weighted by molar-refractivity contribution is 7.99. The van der Waals surface area contributed by atoms with Crippen molar-refractivity contribution in [2.75, 3.05) is 11.1 Å². The molecule has 2 aromatic carbocycles. The molecule has 6 nitrogen and oxygen atoms in total. The number of hydrogen-bond donors (Lipinski definition) is 1. The zero-order valence-corrected chi connectivity index (χ0v) is 19.7. The second-order valence-electron chi connectivity index (χ2n) is 7.38. The molecular formula is C25H30N4O2S. The molecule has 0 bridgehead atoms.